The lowest BCUT2D eigenvalue weighted by atomic mass is 10.3. The van der Waals surface area contributed by atoms with Crippen molar-refractivity contribution in [2.45, 2.75) is 0 Å². The first-order valence-electron chi connectivity index (χ1n) is 3.80. The normalized spacial score (nSPS) is 10.2. The topological polar surface area (TPSA) is 12.5 Å². The van der Waals surface area contributed by atoms with Crippen molar-refractivity contribution in [3.8, 4) is 0 Å². The van der Waals surface area contributed by atoms with Crippen LogP contribution in [0.1, 0.15) is 0 Å². The van der Waals surface area contributed by atoms with E-state index in [1.54, 1.807) is 7.05 Å². The number of halogens is 2. The second-order valence-corrected chi connectivity index (χ2v) is 2.71. The van der Waals surface area contributed by atoms with E-state index >= 15 is 0 Å². The summed E-state index contributed by atoms with van der Waals surface area (Å²) in [4.78, 5) is 1.48. The molecule has 72 valence electrons. The first-order valence-corrected chi connectivity index (χ1v) is 3.80. The van der Waals surface area contributed by atoms with Crippen LogP contribution in [0.25, 0.3) is 0 Å². The monoisotopic (exact) mass is 187 g/mol. The van der Waals surface area contributed by atoms with Crippen molar-refractivity contribution in [3.63, 3.8) is 0 Å². The Bertz CT molecular complexity index is 291. The fraction of sp³-hybridized carbons (Fsp3) is 0.333. The maximum Gasteiger partial charge on any atom is 0.146 e. The Morgan fingerprint density at radius 1 is 1.38 bits per heavy atom. The van der Waals surface area contributed by atoms with Gasteiger partial charge in [-0.2, -0.15) is 0 Å². The predicted molar refractivity (Wildman–Crippen MR) is 46.6 cm³/mol. The van der Waals surface area contributed by atoms with Gasteiger partial charge in [0, 0.05) is 20.2 Å². The summed E-state index contributed by atoms with van der Waals surface area (Å²) in [6.45, 7) is 0.223. The number of ether oxygens (including phenoxy) is 1. The van der Waals surface area contributed by atoms with Crippen molar-refractivity contribution in [1.82, 2.24) is 0 Å². The molecule has 0 bridgehead atoms. The van der Waals surface area contributed by atoms with E-state index in [0.29, 0.717) is 0 Å². The van der Waals surface area contributed by atoms with Gasteiger partial charge in [0.25, 0.3) is 0 Å². The summed E-state index contributed by atoms with van der Waals surface area (Å²) < 4.78 is 30.6. The molecule has 2 nitrogen and oxygen atoms in total. The molecule has 1 aromatic rings. The first kappa shape index (κ1) is 9.92. The highest BCUT2D eigenvalue weighted by Crippen LogP contribution is 2.18. The van der Waals surface area contributed by atoms with E-state index in [0.717, 1.165) is 18.2 Å². The molecule has 0 radical (unpaired) electrons. The third-order valence-corrected chi connectivity index (χ3v) is 1.64. The molecule has 13 heavy (non-hydrogen) atoms. The predicted octanol–water partition coefficient (Wildman–Crippen LogP) is 2.00. The highest BCUT2D eigenvalue weighted by molar-refractivity contribution is 5.46. The zero-order valence-electron chi connectivity index (χ0n) is 7.55. The summed E-state index contributed by atoms with van der Waals surface area (Å²) in [6, 6.07) is 3.31. The Morgan fingerprint density at radius 3 is 2.69 bits per heavy atom. The maximum absolute atomic E-state index is 13.1. The first-order chi connectivity index (χ1) is 6.15. The van der Waals surface area contributed by atoms with Crippen LogP contribution in [0.4, 0.5) is 14.5 Å². The average Bonchev–Trinajstić information content (AvgIpc) is 2.09. The van der Waals surface area contributed by atoms with Gasteiger partial charge in [0.05, 0.1) is 5.69 Å². The van der Waals surface area contributed by atoms with Gasteiger partial charge in [0.2, 0.25) is 0 Å². The molecular formula is C9H11F2NO. The zero-order chi connectivity index (χ0) is 9.84. The molecule has 0 heterocycles. The number of nitrogens with zero attached hydrogens (tertiary/aromatic N) is 1. The molecule has 1 aromatic carbocycles. The molecule has 0 spiro atoms. The molecule has 0 unspecified atom stereocenters. The minimum absolute atomic E-state index is 0.196. The Kier molecular flexibility index (Phi) is 3.19. The van der Waals surface area contributed by atoms with Crippen molar-refractivity contribution in [2.75, 3.05) is 25.8 Å². The van der Waals surface area contributed by atoms with Gasteiger partial charge in [-0.1, -0.05) is 0 Å². The van der Waals surface area contributed by atoms with Crippen LogP contribution in [-0.2, 0) is 4.74 Å². The van der Waals surface area contributed by atoms with Gasteiger partial charge in [0.1, 0.15) is 18.4 Å². The smallest absolute Gasteiger partial charge is 0.146 e. The molecule has 0 saturated carbocycles. The standard InChI is InChI=1S/C9H11F2NO/c1-12(6-13-2)9-5-7(10)3-4-8(9)11/h3-5H,6H2,1-2H3. The summed E-state index contributed by atoms with van der Waals surface area (Å²) in [5, 5.41) is 0. The Labute approximate surface area is 75.7 Å². The molecule has 0 aliphatic heterocycles. The number of hydrogen-bond donors (Lipinski definition) is 0. The van der Waals surface area contributed by atoms with Gasteiger partial charge in [-0.05, 0) is 12.1 Å². The molecule has 0 aromatic heterocycles. The third kappa shape index (κ3) is 2.39. The minimum Gasteiger partial charge on any atom is -0.364 e. The molecule has 0 atom stereocenters. The van der Waals surface area contributed by atoms with Crippen LogP contribution in [0.2, 0.25) is 0 Å². The summed E-state index contributed by atoms with van der Waals surface area (Å²) in [5.41, 5.74) is 0.196. The van der Waals surface area contributed by atoms with Crippen molar-refractivity contribution in [3.05, 3.63) is 29.8 Å². The fourth-order valence-corrected chi connectivity index (χ4v) is 1.04. The quantitative estimate of drug-likeness (QED) is 0.671. The Hall–Kier alpha value is -1.16. The second kappa shape index (κ2) is 4.18. The third-order valence-electron chi connectivity index (χ3n) is 1.64. The van der Waals surface area contributed by atoms with E-state index in [1.807, 2.05) is 0 Å². The maximum atomic E-state index is 13.1. The Morgan fingerprint density at radius 2 is 2.08 bits per heavy atom. The van der Waals surface area contributed by atoms with E-state index in [4.69, 9.17) is 4.74 Å². The minimum atomic E-state index is -0.459. The van der Waals surface area contributed by atoms with Crippen molar-refractivity contribution < 1.29 is 13.5 Å². The summed E-state index contributed by atoms with van der Waals surface area (Å²) in [7, 11) is 3.12. The van der Waals surface area contributed by atoms with E-state index < -0.39 is 11.6 Å². The van der Waals surface area contributed by atoms with Gasteiger partial charge < -0.3 is 9.64 Å². The number of benzene rings is 1. The van der Waals surface area contributed by atoms with Crippen LogP contribution in [0.3, 0.4) is 0 Å². The van der Waals surface area contributed by atoms with Crippen molar-refractivity contribution >= 4 is 5.69 Å². The number of hydrogen-bond acceptors (Lipinski definition) is 2. The van der Waals surface area contributed by atoms with E-state index in [9.17, 15) is 8.78 Å². The summed E-state index contributed by atoms with van der Waals surface area (Å²) >= 11 is 0. The van der Waals surface area contributed by atoms with Crippen molar-refractivity contribution in [2.24, 2.45) is 0 Å². The largest absolute Gasteiger partial charge is 0.364 e. The second-order valence-electron chi connectivity index (χ2n) is 2.71. The van der Waals surface area contributed by atoms with Crippen LogP contribution in [0.15, 0.2) is 18.2 Å². The van der Waals surface area contributed by atoms with Crippen LogP contribution in [-0.4, -0.2) is 20.9 Å². The lowest BCUT2D eigenvalue weighted by molar-refractivity contribution is 0.201. The molecule has 0 aliphatic rings. The molecule has 4 heteroatoms. The summed E-state index contributed by atoms with van der Waals surface area (Å²) in [6.07, 6.45) is 0. The van der Waals surface area contributed by atoms with Crippen molar-refractivity contribution in [1.29, 1.82) is 0 Å². The number of rotatable bonds is 3. The van der Waals surface area contributed by atoms with E-state index in [2.05, 4.69) is 0 Å². The van der Waals surface area contributed by atoms with Crippen LogP contribution < -0.4 is 4.90 Å². The van der Waals surface area contributed by atoms with Gasteiger partial charge in [-0.3, -0.25) is 0 Å². The molecule has 0 aliphatic carbocycles. The van der Waals surface area contributed by atoms with E-state index in [1.165, 1.54) is 12.0 Å². The lowest BCUT2D eigenvalue weighted by Crippen LogP contribution is -2.20. The number of anilines is 1. The zero-order valence-corrected chi connectivity index (χ0v) is 7.55. The highest BCUT2D eigenvalue weighted by Gasteiger charge is 2.07. The van der Waals surface area contributed by atoms with Crippen LogP contribution >= 0.6 is 0 Å². The average molecular weight is 187 g/mol. The molecule has 1 rings (SSSR count). The highest BCUT2D eigenvalue weighted by atomic mass is 19.1. The van der Waals surface area contributed by atoms with Gasteiger partial charge in [-0.25, -0.2) is 8.78 Å². The van der Waals surface area contributed by atoms with Crippen LogP contribution in [0.5, 0.6) is 0 Å². The molecule has 0 fully saturated rings. The molecular weight excluding hydrogens is 176 g/mol. The van der Waals surface area contributed by atoms with E-state index in [-0.39, 0.29) is 12.4 Å². The molecule has 0 saturated heterocycles. The number of methoxy groups -OCH3 is 1. The SMILES string of the molecule is COCN(C)c1cc(F)ccc1F. The fourth-order valence-electron chi connectivity index (χ4n) is 1.04. The van der Waals surface area contributed by atoms with Gasteiger partial charge >= 0.3 is 0 Å². The Balaban J connectivity index is 2.91. The molecule has 0 N–H and O–H groups in total. The summed E-state index contributed by atoms with van der Waals surface area (Å²) in [5.74, 6) is -0.916. The van der Waals surface area contributed by atoms with Gasteiger partial charge in [0.15, 0.2) is 0 Å². The molecule has 0 amide bonds. The van der Waals surface area contributed by atoms with Gasteiger partial charge in [-0.15, -0.1) is 0 Å². The lowest BCUT2D eigenvalue weighted by Gasteiger charge is -2.18. The van der Waals surface area contributed by atoms with Crippen LogP contribution in [0, 0.1) is 11.6 Å².